The van der Waals surface area contributed by atoms with Crippen molar-refractivity contribution in [3.05, 3.63) is 98.9 Å². The van der Waals surface area contributed by atoms with Gasteiger partial charge in [-0.15, -0.1) is 0 Å². The number of pyridine rings is 2. The number of aryl methyl sites for hydroxylation is 1. The van der Waals surface area contributed by atoms with E-state index in [9.17, 15) is 13.6 Å². The highest BCUT2D eigenvalue weighted by molar-refractivity contribution is 6.30. The van der Waals surface area contributed by atoms with Crippen LogP contribution in [0.25, 0.3) is 10.9 Å². The van der Waals surface area contributed by atoms with Gasteiger partial charge in [-0.1, -0.05) is 23.7 Å². The van der Waals surface area contributed by atoms with E-state index < -0.39 is 17.2 Å². The van der Waals surface area contributed by atoms with Crippen molar-refractivity contribution < 1.29 is 8.78 Å². The third-order valence-electron chi connectivity index (χ3n) is 4.59. The van der Waals surface area contributed by atoms with Gasteiger partial charge in [-0.25, -0.2) is 13.8 Å². The molecule has 1 N–H and O–H groups in total. The molecule has 4 aromatic rings. The van der Waals surface area contributed by atoms with Crippen molar-refractivity contribution in [3.8, 4) is 0 Å². The number of nitrogens with zero attached hydrogens (tertiary/aromatic N) is 2. The lowest BCUT2D eigenvalue weighted by Crippen LogP contribution is -2.20. The zero-order valence-corrected chi connectivity index (χ0v) is 16.2. The number of rotatable bonds is 4. The van der Waals surface area contributed by atoms with E-state index in [0.29, 0.717) is 21.8 Å². The van der Waals surface area contributed by atoms with Gasteiger partial charge in [0.15, 0.2) is 11.6 Å². The second-order valence-electron chi connectivity index (χ2n) is 6.65. The van der Waals surface area contributed by atoms with Crippen molar-refractivity contribution in [2.75, 3.05) is 4.90 Å². The normalized spacial score (nSPS) is 11.0. The molecule has 0 spiro atoms. The summed E-state index contributed by atoms with van der Waals surface area (Å²) in [5, 5.41) is 0.965. The smallest absolute Gasteiger partial charge is 0.248 e. The van der Waals surface area contributed by atoms with Crippen LogP contribution in [0, 0.1) is 18.6 Å². The minimum atomic E-state index is -1.08. The van der Waals surface area contributed by atoms with Crippen LogP contribution in [0.15, 0.2) is 65.5 Å². The predicted molar refractivity (Wildman–Crippen MR) is 111 cm³/mol. The summed E-state index contributed by atoms with van der Waals surface area (Å²) < 4.78 is 27.9. The summed E-state index contributed by atoms with van der Waals surface area (Å²) in [5.41, 5.74) is 1.44. The third-order valence-corrected chi connectivity index (χ3v) is 4.83. The molecular formula is C22H16ClF2N3O. The molecule has 0 aliphatic heterocycles. The third kappa shape index (κ3) is 3.84. The number of hydrogen-bond acceptors (Lipinski definition) is 3. The van der Waals surface area contributed by atoms with E-state index in [1.807, 2.05) is 42.2 Å². The highest BCUT2D eigenvalue weighted by atomic mass is 35.5. The first kappa shape index (κ1) is 19.1. The fourth-order valence-electron chi connectivity index (χ4n) is 3.26. The van der Waals surface area contributed by atoms with Gasteiger partial charge in [0.05, 0.1) is 12.1 Å². The summed E-state index contributed by atoms with van der Waals surface area (Å²) in [7, 11) is 0. The van der Waals surface area contributed by atoms with Crippen LogP contribution in [0.1, 0.15) is 11.3 Å². The Balaban J connectivity index is 1.89. The molecule has 0 aliphatic rings. The average Bonchev–Trinajstić information content (AvgIpc) is 2.69. The number of anilines is 2. The molecule has 0 atom stereocenters. The lowest BCUT2D eigenvalue weighted by molar-refractivity contribution is 0.515. The number of nitrogens with one attached hydrogen (secondary N) is 1. The summed E-state index contributed by atoms with van der Waals surface area (Å²) in [6, 6.07) is 16.7. The molecule has 0 fully saturated rings. The number of halogens is 3. The minimum Gasteiger partial charge on any atom is -0.322 e. The monoisotopic (exact) mass is 411 g/mol. The molecule has 0 saturated heterocycles. The number of hydrogen-bond donors (Lipinski definition) is 1. The molecule has 4 rings (SSSR count). The van der Waals surface area contributed by atoms with Gasteiger partial charge in [-0.2, -0.15) is 0 Å². The molecule has 7 heteroatoms. The van der Waals surface area contributed by atoms with E-state index in [4.69, 9.17) is 11.6 Å². The van der Waals surface area contributed by atoms with Crippen molar-refractivity contribution in [2.24, 2.45) is 0 Å². The second kappa shape index (κ2) is 7.64. The molecule has 0 bridgehead atoms. The fraction of sp³-hybridized carbons (Fsp3) is 0.0909. The summed E-state index contributed by atoms with van der Waals surface area (Å²) in [6.07, 6.45) is 0. The van der Waals surface area contributed by atoms with E-state index in [1.165, 1.54) is 12.1 Å². The van der Waals surface area contributed by atoms with Crippen LogP contribution in [-0.2, 0) is 6.54 Å². The second-order valence-corrected chi connectivity index (χ2v) is 7.08. The first-order valence-corrected chi connectivity index (χ1v) is 9.27. The SMILES string of the molecule is Cc1cccc(N(Cc2cc(=O)[nH]c3c(F)c(F)ccc23)c2cccc(Cl)c2)n1. The Morgan fingerprint density at radius 3 is 2.62 bits per heavy atom. The molecule has 4 nitrogen and oxygen atoms in total. The van der Waals surface area contributed by atoms with Gasteiger partial charge in [0, 0.05) is 27.9 Å². The molecule has 0 saturated carbocycles. The van der Waals surface area contributed by atoms with Gasteiger partial charge >= 0.3 is 0 Å². The number of benzene rings is 2. The number of aromatic amines is 1. The fourth-order valence-corrected chi connectivity index (χ4v) is 3.45. The van der Waals surface area contributed by atoms with E-state index in [1.54, 1.807) is 12.1 Å². The Bertz CT molecular complexity index is 1230. The van der Waals surface area contributed by atoms with Gasteiger partial charge in [0.25, 0.3) is 0 Å². The summed E-state index contributed by atoms with van der Waals surface area (Å²) in [5.74, 6) is -1.45. The van der Waals surface area contributed by atoms with E-state index in [0.717, 1.165) is 17.4 Å². The topological polar surface area (TPSA) is 49.0 Å². The highest BCUT2D eigenvalue weighted by Crippen LogP contribution is 2.30. The molecule has 0 radical (unpaired) electrons. The van der Waals surface area contributed by atoms with E-state index >= 15 is 0 Å². The molecule has 0 amide bonds. The molecule has 0 aliphatic carbocycles. The maximum absolute atomic E-state index is 14.3. The van der Waals surface area contributed by atoms with E-state index in [-0.39, 0.29) is 12.1 Å². The van der Waals surface area contributed by atoms with Gasteiger partial charge in [-0.05, 0) is 55.0 Å². The zero-order chi connectivity index (χ0) is 20.5. The standard InChI is InChI=1S/C22H16ClF2N3O/c1-13-4-2-7-19(26-13)28(16-6-3-5-15(23)11-16)12-14-10-20(29)27-22-17(14)8-9-18(24)21(22)25/h2-11H,12H2,1H3,(H,27,29). The summed E-state index contributed by atoms with van der Waals surface area (Å²) in [4.78, 5) is 21.0. The minimum absolute atomic E-state index is 0.157. The van der Waals surface area contributed by atoms with Crippen molar-refractivity contribution in [1.29, 1.82) is 0 Å². The van der Waals surface area contributed by atoms with Crippen LogP contribution in [-0.4, -0.2) is 9.97 Å². The summed E-state index contributed by atoms with van der Waals surface area (Å²) >= 11 is 6.18. The molecule has 0 unspecified atom stereocenters. The van der Waals surface area contributed by atoms with Crippen LogP contribution in [0.3, 0.4) is 0 Å². The molecular weight excluding hydrogens is 396 g/mol. The summed E-state index contributed by atoms with van der Waals surface area (Å²) in [6.45, 7) is 2.09. The average molecular weight is 412 g/mol. The Morgan fingerprint density at radius 2 is 1.86 bits per heavy atom. The first-order valence-electron chi connectivity index (χ1n) is 8.89. The Labute approximate surface area is 170 Å². The Morgan fingerprint density at radius 1 is 1.07 bits per heavy atom. The van der Waals surface area contributed by atoms with E-state index in [2.05, 4.69) is 9.97 Å². The number of H-pyrrole nitrogens is 1. The first-order chi connectivity index (χ1) is 13.9. The van der Waals surface area contributed by atoms with Crippen LogP contribution in [0.4, 0.5) is 20.3 Å². The highest BCUT2D eigenvalue weighted by Gasteiger charge is 2.17. The van der Waals surface area contributed by atoms with Crippen molar-refractivity contribution >= 4 is 34.0 Å². The van der Waals surface area contributed by atoms with Crippen LogP contribution < -0.4 is 10.5 Å². The molecule has 2 aromatic heterocycles. The van der Waals surface area contributed by atoms with Crippen LogP contribution >= 0.6 is 11.6 Å². The predicted octanol–water partition coefficient (Wildman–Crippen LogP) is 5.50. The van der Waals surface area contributed by atoms with Crippen molar-refractivity contribution in [1.82, 2.24) is 9.97 Å². The maximum atomic E-state index is 14.3. The molecule has 146 valence electrons. The van der Waals surface area contributed by atoms with Gasteiger partial charge < -0.3 is 9.88 Å². The largest absolute Gasteiger partial charge is 0.322 e. The van der Waals surface area contributed by atoms with Crippen LogP contribution in [0.2, 0.25) is 5.02 Å². The number of aromatic nitrogens is 2. The van der Waals surface area contributed by atoms with Gasteiger partial charge in [0.2, 0.25) is 5.56 Å². The lowest BCUT2D eigenvalue weighted by Gasteiger charge is -2.25. The quantitative estimate of drug-likeness (QED) is 0.482. The maximum Gasteiger partial charge on any atom is 0.248 e. The van der Waals surface area contributed by atoms with Crippen molar-refractivity contribution in [2.45, 2.75) is 13.5 Å². The Hall–Kier alpha value is -3.25. The van der Waals surface area contributed by atoms with Crippen LogP contribution in [0.5, 0.6) is 0 Å². The molecule has 2 heterocycles. The lowest BCUT2D eigenvalue weighted by atomic mass is 10.1. The van der Waals surface area contributed by atoms with Crippen molar-refractivity contribution in [3.63, 3.8) is 0 Å². The van der Waals surface area contributed by atoms with Gasteiger partial charge in [-0.3, -0.25) is 4.79 Å². The number of fused-ring (bicyclic) bond motifs is 1. The molecule has 29 heavy (non-hydrogen) atoms. The Kier molecular flexibility index (Phi) is 5.03. The molecule has 2 aromatic carbocycles. The van der Waals surface area contributed by atoms with Gasteiger partial charge in [0.1, 0.15) is 5.82 Å². The zero-order valence-electron chi connectivity index (χ0n) is 15.4.